The Kier molecular flexibility index (Phi) is 5.67. The number of halogens is 2. The van der Waals surface area contributed by atoms with Gasteiger partial charge in [-0.3, -0.25) is 5.43 Å². The molecule has 0 amide bonds. The third-order valence-corrected chi connectivity index (χ3v) is 4.91. The lowest BCUT2D eigenvalue weighted by Gasteiger charge is -2.09. The van der Waals surface area contributed by atoms with Gasteiger partial charge in [0.15, 0.2) is 11.6 Å². The Balaban J connectivity index is 1.58. The molecule has 2 heterocycles. The first-order valence-electron chi connectivity index (χ1n) is 8.35. The van der Waals surface area contributed by atoms with Crippen molar-refractivity contribution >= 4 is 61.0 Å². The third kappa shape index (κ3) is 4.51. The van der Waals surface area contributed by atoms with Crippen LogP contribution < -0.4 is 10.7 Å². The average Bonchev–Trinajstić information content (AvgIpc) is 3.17. The Bertz CT molecular complexity index is 1180. The first-order valence-corrected chi connectivity index (χ1v) is 9.94. The summed E-state index contributed by atoms with van der Waals surface area (Å²) in [5.41, 5.74) is 4.94. The summed E-state index contributed by atoms with van der Waals surface area (Å²) in [7, 11) is 0. The summed E-state index contributed by atoms with van der Waals surface area (Å²) in [5.74, 6) is 0.853. The van der Waals surface area contributed by atoms with Crippen LogP contribution in [0.5, 0.6) is 5.75 Å². The van der Waals surface area contributed by atoms with Gasteiger partial charge < -0.3 is 10.4 Å². The van der Waals surface area contributed by atoms with Crippen LogP contribution >= 0.6 is 31.9 Å². The van der Waals surface area contributed by atoms with Crippen LogP contribution in [0, 0.1) is 0 Å². The molecule has 4 rings (SSSR count). The molecule has 0 saturated heterocycles. The first kappa shape index (κ1) is 19.3. The number of aromatic hydroxyl groups is 1. The largest absolute Gasteiger partial charge is 0.506 e. The molecule has 0 aliphatic carbocycles. The number of benzene rings is 2. The lowest BCUT2D eigenvalue weighted by molar-refractivity contribution is 0.314. The second kappa shape index (κ2) is 8.53. The molecule has 2 aromatic carbocycles. The van der Waals surface area contributed by atoms with Crippen LogP contribution in [-0.4, -0.2) is 31.6 Å². The van der Waals surface area contributed by atoms with E-state index in [2.05, 4.69) is 68.0 Å². The Morgan fingerprint density at radius 3 is 2.52 bits per heavy atom. The fraction of sp³-hybridized carbons (Fsp3) is 0.0556. The van der Waals surface area contributed by atoms with Crippen LogP contribution in [-0.2, 0) is 6.54 Å². The van der Waals surface area contributed by atoms with Gasteiger partial charge in [-0.05, 0) is 43.9 Å². The van der Waals surface area contributed by atoms with Crippen LogP contribution in [0.2, 0.25) is 0 Å². The Morgan fingerprint density at radius 1 is 1.03 bits per heavy atom. The summed E-state index contributed by atoms with van der Waals surface area (Å²) in [6.07, 6.45) is 1.47. The molecule has 11 heteroatoms. The van der Waals surface area contributed by atoms with Crippen molar-refractivity contribution < 1.29 is 9.74 Å². The van der Waals surface area contributed by atoms with Gasteiger partial charge in [-0.15, -0.1) is 0 Å². The Hall–Kier alpha value is -3.05. The lowest BCUT2D eigenvalue weighted by Crippen LogP contribution is -2.07. The van der Waals surface area contributed by atoms with Crippen molar-refractivity contribution in [2.45, 2.75) is 6.54 Å². The van der Waals surface area contributed by atoms with Crippen LogP contribution in [0.4, 0.5) is 11.6 Å². The molecule has 0 spiro atoms. The van der Waals surface area contributed by atoms with Crippen molar-refractivity contribution in [3.8, 4) is 5.75 Å². The van der Waals surface area contributed by atoms with E-state index in [1.165, 1.54) is 6.21 Å². The van der Waals surface area contributed by atoms with Crippen molar-refractivity contribution in [3.05, 3.63) is 62.5 Å². The summed E-state index contributed by atoms with van der Waals surface area (Å²) in [5, 5.41) is 24.9. The number of anilines is 2. The van der Waals surface area contributed by atoms with E-state index < -0.39 is 0 Å². The zero-order valence-corrected chi connectivity index (χ0v) is 17.8. The molecule has 29 heavy (non-hydrogen) atoms. The standard InChI is InChI=1S/C18H13Br2N7O2/c19-12-6-11(14(28)13(20)7-12)9-22-25-16-15(21-8-10-4-2-1-3-5-10)23-17-18(24-16)27-29-26-17/h1-7,9,28H,8H2,(H,21,23,26)(H,24,25,27). The topological polar surface area (TPSA) is 121 Å². The minimum absolute atomic E-state index is 0.0726. The highest BCUT2D eigenvalue weighted by atomic mass is 79.9. The number of hydrogen-bond donors (Lipinski definition) is 3. The van der Waals surface area contributed by atoms with Crippen molar-refractivity contribution in [2.24, 2.45) is 5.10 Å². The highest BCUT2D eigenvalue weighted by Gasteiger charge is 2.12. The highest BCUT2D eigenvalue weighted by Crippen LogP contribution is 2.30. The van der Waals surface area contributed by atoms with Crippen LogP contribution in [0.3, 0.4) is 0 Å². The predicted molar refractivity (Wildman–Crippen MR) is 116 cm³/mol. The van der Waals surface area contributed by atoms with Crippen LogP contribution in [0.15, 0.2) is 61.1 Å². The average molecular weight is 519 g/mol. The maximum atomic E-state index is 10.1. The van der Waals surface area contributed by atoms with Gasteiger partial charge in [-0.25, -0.2) is 9.61 Å². The van der Waals surface area contributed by atoms with Gasteiger partial charge in [0.05, 0.1) is 10.7 Å². The summed E-state index contributed by atoms with van der Waals surface area (Å²) >= 11 is 6.67. The van der Waals surface area contributed by atoms with Gasteiger partial charge in [0.1, 0.15) is 5.75 Å². The summed E-state index contributed by atoms with van der Waals surface area (Å²) in [4.78, 5) is 8.72. The molecular weight excluding hydrogens is 506 g/mol. The molecule has 3 N–H and O–H groups in total. The quantitative estimate of drug-likeness (QED) is 0.255. The van der Waals surface area contributed by atoms with Gasteiger partial charge in [-0.1, -0.05) is 46.3 Å². The minimum Gasteiger partial charge on any atom is -0.506 e. The van der Waals surface area contributed by atoms with E-state index in [4.69, 9.17) is 4.63 Å². The van der Waals surface area contributed by atoms with Crippen LogP contribution in [0.1, 0.15) is 11.1 Å². The molecule has 0 fully saturated rings. The summed E-state index contributed by atoms with van der Waals surface area (Å²) in [6.45, 7) is 0.532. The number of phenols is 1. The SMILES string of the molecule is Oc1c(Br)cc(Br)cc1C=NNc1nc2nonc2nc1NCc1ccccc1. The van der Waals surface area contributed by atoms with E-state index in [-0.39, 0.29) is 17.0 Å². The van der Waals surface area contributed by atoms with Crippen molar-refractivity contribution in [1.29, 1.82) is 0 Å². The molecule has 4 aromatic rings. The van der Waals surface area contributed by atoms with Crippen LogP contribution in [0.25, 0.3) is 11.3 Å². The fourth-order valence-corrected chi connectivity index (χ4v) is 3.73. The van der Waals surface area contributed by atoms with E-state index in [0.717, 1.165) is 10.0 Å². The number of hydrazone groups is 1. The molecule has 0 aliphatic rings. The van der Waals surface area contributed by atoms with Crippen molar-refractivity contribution in [3.63, 3.8) is 0 Å². The normalized spacial score (nSPS) is 11.2. The van der Waals surface area contributed by atoms with E-state index in [1.807, 2.05) is 30.3 Å². The Labute approximate surface area is 181 Å². The molecule has 0 unspecified atom stereocenters. The number of rotatable bonds is 6. The number of fused-ring (bicyclic) bond motifs is 1. The first-order chi connectivity index (χ1) is 14.1. The lowest BCUT2D eigenvalue weighted by atomic mass is 10.2. The maximum Gasteiger partial charge on any atom is 0.245 e. The molecule has 2 aromatic heterocycles. The molecule has 0 radical (unpaired) electrons. The van der Waals surface area contributed by atoms with Gasteiger partial charge in [0, 0.05) is 16.6 Å². The van der Waals surface area contributed by atoms with E-state index in [9.17, 15) is 5.11 Å². The second-order valence-corrected chi connectivity index (χ2v) is 7.64. The zero-order chi connectivity index (χ0) is 20.2. The number of phenolic OH excluding ortho intramolecular Hbond substituents is 1. The number of nitrogens with one attached hydrogen (secondary N) is 2. The Morgan fingerprint density at radius 2 is 1.76 bits per heavy atom. The van der Waals surface area contributed by atoms with E-state index >= 15 is 0 Å². The highest BCUT2D eigenvalue weighted by molar-refractivity contribution is 9.11. The number of nitrogens with zero attached hydrogens (tertiary/aromatic N) is 5. The molecule has 0 atom stereocenters. The van der Waals surface area contributed by atoms with E-state index in [0.29, 0.717) is 28.2 Å². The molecular formula is C18H13Br2N7O2. The number of hydrogen-bond acceptors (Lipinski definition) is 9. The second-order valence-electron chi connectivity index (χ2n) is 5.87. The number of aromatic nitrogens is 4. The third-order valence-electron chi connectivity index (χ3n) is 3.85. The van der Waals surface area contributed by atoms with Crippen molar-refractivity contribution in [1.82, 2.24) is 20.3 Å². The predicted octanol–water partition coefficient (Wildman–Crippen LogP) is 4.30. The zero-order valence-electron chi connectivity index (χ0n) is 14.7. The van der Waals surface area contributed by atoms with Crippen molar-refractivity contribution in [2.75, 3.05) is 10.7 Å². The molecule has 146 valence electrons. The maximum absolute atomic E-state index is 10.1. The smallest absolute Gasteiger partial charge is 0.245 e. The summed E-state index contributed by atoms with van der Waals surface area (Å²) in [6, 6.07) is 13.3. The molecule has 0 aliphatic heterocycles. The minimum atomic E-state index is 0.0726. The van der Waals surface area contributed by atoms with Gasteiger partial charge >= 0.3 is 0 Å². The fourth-order valence-electron chi connectivity index (χ4n) is 2.47. The van der Waals surface area contributed by atoms with Gasteiger partial charge in [0.2, 0.25) is 11.3 Å². The van der Waals surface area contributed by atoms with Gasteiger partial charge in [-0.2, -0.15) is 10.1 Å². The molecule has 0 bridgehead atoms. The van der Waals surface area contributed by atoms with Gasteiger partial charge in [0.25, 0.3) is 0 Å². The molecule has 9 nitrogen and oxygen atoms in total. The monoisotopic (exact) mass is 517 g/mol. The summed E-state index contributed by atoms with van der Waals surface area (Å²) < 4.78 is 6.04. The van der Waals surface area contributed by atoms with E-state index in [1.54, 1.807) is 12.1 Å². The molecule has 0 saturated carbocycles.